The van der Waals surface area contributed by atoms with E-state index in [-0.39, 0.29) is 24.3 Å². The molecule has 0 radical (unpaired) electrons. The summed E-state index contributed by atoms with van der Waals surface area (Å²) in [6.07, 6.45) is 1.90. The van der Waals surface area contributed by atoms with Gasteiger partial charge in [0.05, 0.1) is 20.6 Å². The molecular weight excluding hydrogens is 330 g/mol. The van der Waals surface area contributed by atoms with Gasteiger partial charge in [-0.1, -0.05) is 48.5 Å². The van der Waals surface area contributed by atoms with Gasteiger partial charge in [0.1, 0.15) is 5.75 Å². The van der Waals surface area contributed by atoms with Crippen LogP contribution in [0.25, 0.3) is 11.6 Å². The molecule has 0 saturated heterocycles. The van der Waals surface area contributed by atoms with Crippen molar-refractivity contribution >= 4 is 23.5 Å². The van der Waals surface area contributed by atoms with E-state index in [1.54, 1.807) is 20.1 Å². The first kappa shape index (κ1) is 19.2. The third kappa shape index (κ3) is 5.21. The average Bonchev–Trinajstić information content (AvgIpc) is 2.66. The summed E-state index contributed by atoms with van der Waals surface area (Å²) < 4.78 is 10.0. The normalized spacial score (nSPS) is 12.2. The first-order valence-corrected chi connectivity index (χ1v) is 8.33. The van der Waals surface area contributed by atoms with Crippen LogP contribution in [-0.4, -0.2) is 32.1 Å². The van der Waals surface area contributed by atoms with Gasteiger partial charge in [0, 0.05) is 17.2 Å². The number of ether oxygens (including phenoxy) is 2. The molecule has 0 saturated carbocycles. The standard InChI is InChI=1S/C21H23NO4/c1-15(13-20(23)26-3)22-21(24)18(16-9-5-4-6-10-16)14-17-11-7-8-12-19(17)25-2/h4-12,14-15H,13H2,1-3H3,(H,22,24)/b18-14+. The van der Waals surface area contributed by atoms with Crippen molar-refractivity contribution in [3.05, 3.63) is 65.7 Å². The molecule has 2 aromatic rings. The molecule has 1 atom stereocenters. The average molecular weight is 353 g/mol. The summed E-state index contributed by atoms with van der Waals surface area (Å²) in [7, 11) is 2.92. The van der Waals surface area contributed by atoms with E-state index in [0.29, 0.717) is 11.3 Å². The highest BCUT2D eigenvalue weighted by Gasteiger charge is 2.17. The Morgan fingerprint density at radius 2 is 1.69 bits per heavy atom. The SMILES string of the molecule is COC(=O)CC(C)NC(=O)/C(=C/c1ccccc1OC)c1ccccc1. The molecule has 0 aliphatic carbocycles. The second-order valence-corrected chi connectivity index (χ2v) is 5.82. The number of carbonyl (C=O) groups excluding carboxylic acids is 2. The van der Waals surface area contributed by atoms with E-state index in [4.69, 9.17) is 4.74 Å². The molecule has 5 heteroatoms. The van der Waals surface area contributed by atoms with E-state index in [1.807, 2.05) is 54.6 Å². The zero-order chi connectivity index (χ0) is 18.9. The maximum absolute atomic E-state index is 12.9. The molecular formula is C21H23NO4. The van der Waals surface area contributed by atoms with Crippen LogP contribution in [0.5, 0.6) is 5.75 Å². The summed E-state index contributed by atoms with van der Waals surface area (Å²) in [6, 6.07) is 16.5. The highest BCUT2D eigenvalue weighted by atomic mass is 16.5. The van der Waals surface area contributed by atoms with Gasteiger partial charge in [0.2, 0.25) is 0 Å². The minimum atomic E-state index is -0.368. The lowest BCUT2D eigenvalue weighted by atomic mass is 10.0. The number of para-hydroxylation sites is 1. The van der Waals surface area contributed by atoms with Crippen LogP contribution in [0.1, 0.15) is 24.5 Å². The lowest BCUT2D eigenvalue weighted by molar-refractivity contribution is -0.141. The molecule has 0 bridgehead atoms. The van der Waals surface area contributed by atoms with Crippen LogP contribution in [0.3, 0.4) is 0 Å². The Hall–Kier alpha value is -3.08. The predicted molar refractivity (Wildman–Crippen MR) is 102 cm³/mol. The topological polar surface area (TPSA) is 64.6 Å². The van der Waals surface area contributed by atoms with Gasteiger partial charge in [-0.05, 0) is 24.6 Å². The van der Waals surface area contributed by atoms with Crippen LogP contribution in [0.4, 0.5) is 0 Å². The largest absolute Gasteiger partial charge is 0.496 e. The minimum absolute atomic E-state index is 0.110. The highest BCUT2D eigenvalue weighted by Crippen LogP contribution is 2.25. The molecule has 1 amide bonds. The minimum Gasteiger partial charge on any atom is -0.496 e. The first-order chi connectivity index (χ1) is 12.5. The van der Waals surface area contributed by atoms with E-state index in [0.717, 1.165) is 11.1 Å². The Labute approximate surface area is 153 Å². The molecule has 2 rings (SSSR count). The van der Waals surface area contributed by atoms with Crippen LogP contribution in [0, 0.1) is 0 Å². The van der Waals surface area contributed by atoms with Gasteiger partial charge in [-0.3, -0.25) is 9.59 Å². The summed E-state index contributed by atoms with van der Waals surface area (Å²) >= 11 is 0. The molecule has 2 aromatic carbocycles. The predicted octanol–water partition coefficient (Wildman–Crippen LogP) is 3.30. The Morgan fingerprint density at radius 3 is 2.35 bits per heavy atom. The zero-order valence-electron chi connectivity index (χ0n) is 15.2. The second kappa shape index (κ2) is 9.42. The Bertz CT molecular complexity index is 784. The van der Waals surface area contributed by atoms with Crippen molar-refractivity contribution < 1.29 is 19.1 Å². The van der Waals surface area contributed by atoms with Gasteiger partial charge in [0.25, 0.3) is 5.91 Å². The van der Waals surface area contributed by atoms with Crippen molar-refractivity contribution in [3.63, 3.8) is 0 Å². The van der Waals surface area contributed by atoms with Crippen molar-refractivity contribution in [3.8, 4) is 5.75 Å². The van der Waals surface area contributed by atoms with Crippen LogP contribution >= 0.6 is 0 Å². The fourth-order valence-electron chi connectivity index (χ4n) is 2.52. The molecule has 1 N–H and O–H groups in total. The number of esters is 1. The first-order valence-electron chi connectivity index (χ1n) is 8.33. The maximum atomic E-state index is 12.9. The quantitative estimate of drug-likeness (QED) is 0.471. The van der Waals surface area contributed by atoms with Gasteiger partial charge < -0.3 is 14.8 Å². The fourth-order valence-corrected chi connectivity index (χ4v) is 2.52. The van der Waals surface area contributed by atoms with Crippen molar-refractivity contribution in [2.24, 2.45) is 0 Å². The van der Waals surface area contributed by atoms with Crippen molar-refractivity contribution in [2.45, 2.75) is 19.4 Å². The molecule has 0 heterocycles. The molecule has 26 heavy (non-hydrogen) atoms. The van der Waals surface area contributed by atoms with Gasteiger partial charge in [-0.25, -0.2) is 0 Å². The van der Waals surface area contributed by atoms with Crippen molar-refractivity contribution in [2.75, 3.05) is 14.2 Å². The van der Waals surface area contributed by atoms with E-state index in [2.05, 4.69) is 10.1 Å². The number of rotatable bonds is 7. The number of carbonyl (C=O) groups is 2. The Balaban J connectivity index is 2.34. The number of nitrogens with one attached hydrogen (secondary N) is 1. The van der Waals surface area contributed by atoms with Gasteiger partial charge >= 0.3 is 5.97 Å². The molecule has 0 spiro atoms. The molecule has 0 aliphatic rings. The second-order valence-electron chi connectivity index (χ2n) is 5.82. The van der Waals surface area contributed by atoms with Crippen LogP contribution in [-0.2, 0) is 14.3 Å². The fraction of sp³-hybridized carbons (Fsp3) is 0.238. The summed E-state index contributed by atoms with van der Waals surface area (Å²) in [5, 5.41) is 2.85. The summed E-state index contributed by atoms with van der Waals surface area (Å²) in [4.78, 5) is 24.3. The van der Waals surface area contributed by atoms with Crippen LogP contribution < -0.4 is 10.1 Å². The lowest BCUT2D eigenvalue weighted by Gasteiger charge is -2.15. The Kier molecular flexibility index (Phi) is 6.97. The summed E-state index contributed by atoms with van der Waals surface area (Å²) in [5.74, 6) is 0.0441. The molecule has 136 valence electrons. The number of benzene rings is 2. The van der Waals surface area contributed by atoms with E-state index >= 15 is 0 Å². The number of amides is 1. The number of hydrogen-bond acceptors (Lipinski definition) is 4. The van der Waals surface area contributed by atoms with E-state index in [9.17, 15) is 9.59 Å². The van der Waals surface area contributed by atoms with Crippen LogP contribution in [0.2, 0.25) is 0 Å². The summed E-state index contributed by atoms with van der Waals surface area (Å²) in [5.41, 5.74) is 2.07. The summed E-state index contributed by atoms with van der Waals surface area (Å²) in [6.45, 7) is 1.76. The van der Waals surface area contributed by atoms with Gasteiger partial charge in [-0.15, -0.1) is 0 Å². The zero-order valence-corrected chi connectivity index (χ0v) is 15.2. The highest BCUT2D eigenvalue weighted by molar-refractivity contribution is 6.24. The molecule has 1 unspecified atom stereocenters. The van der Waals surface area contributed by atoms with E-state index < -0.39 is 0 Å². The van der Waals surface area contributed by atoms with Crippen LogP contribution in [0.15, 0.2) is 54.6 Å². The molecule has 5 nitrogen and oxygen atoms in total. The van der Waals surface area contributed by atoms with Crippen molar-refractivity contribution in [1.82, 2.24) is 5.32 Å². The number of methoxy groups -OCH3 is 2. The lowest BCUT2D eigenvalue weighted by Crippen LogP contribution is -2.35. The smallest absolute Gasteiger partial charge is 0.307 e. The molecule has 0 aliphatic heterocycles. The van der Waals surface area contributed by atoms with Crippen molar-refractivity contribution in [1.29, 1.82) is 0 Å². The third-order valence-corrected chi connectivity index (χ3v) is 3.85. The van der Waals surface area contributed by atoms with Gasteiger partial charge in [-0.2, -0.15) is 0 Å². The molecule has 0 aromatic heterocycles. The van der Waals surface area contributed by atoms with E-state index in [1.165, 1.54) is 7.11 Å². The third-order valence-electron chi connectivity index (χ3n) is 3.85. The molecule has 0 fully saturated rings. The van der Waals surface area contributed by atoms with Gasteiger partial charge in [0.15, 0.2) is 0 Å². The number of hydrogen-bond donors (Lipinski definition) is 1. The maximum Gasteiger partial charge on any atom is 0.307 e. The Morgan fingerprint density at radius 1 is 1.04 bits per heavy atom. The monoisotopic (exact) mass is 353 g/mol.